The van der Waals surface area contributed by atoms with Gasteiger partial charge in [-0.2, -0.15) is 0 Å². The first-order chi connectivity index (χ1) is 15.3. The Kier molecular flexibility index (Phi) is 20.3. The molecule has 0 spiro atoms. The molecule has 1 N–H and O–H groups in total. The smallest absolute Gasteiger partial charge is 0.302 e. The topological polar surface area (TPSA) is 103 Å². The van der Waals surface area contributed by atoms with E-state index in [1.165, 1.54) is 6.92 Å². The first kappa shape index (κ1) is 28.2. The molecule has 0 atom stereocenters. The average molecular weight is 452 g/mol. The molecule has 10 heteroatoms. The average Bonchev–Trinajstić information content (AvgIpc) is 2.77. The number of rotatable bonds is 22. The summed E-state index contributed by atoms with van der Waals surface area (Å²) >= 11 is 0. The van der Waals surface area contributed by atoms with Crippen molar-refractivity contribution < 1.29 is 42.7 Å². The van der Waals surface area contributed by atoms with Crippen LogP contribution >= 0.6 is 0 Å². The predicted molar refractivity (Wildman–Crippen MR) is 113 cm³/mol. The van der Waals surface area contributed by atoms with Crippen LogP contribution in [0.25, 0.3) is 0 Å². The monoisotopic (exact) mass is 451 g/mol. The summed E-state index contributed by atoms with van der Waals surface area (Å²) in [5.74, 6) is -0.303. The van der Waals surface area contributed by atoms with Crippen LogP contribution in [0.5, 0.6) is 0 Å². The summed E-state index contributed by atoms with van der Waals surface area (Å²) in [4.78, 5) is 10.5. The highest BCUT2D eigenvalue weighted by Crippen LogP contribution is 2.06. The van der Waals surface area contributed by atoms with Crippen molar-refractivity contribution in [1.29, 1.82) is 0 Å². The Bertz CT molecular complexity index is 395. The Morgan fingerprint density at radius 3 is 1.35 bits per heavy atom. The van der Waals surface area contributed by atoms with E-state index in [1.807, 2.05) is 0 Å². The zero-order chi connectivity index (χ0) is 22.2. The van der Waals surface area contributed by atoms with Crippen molar-refractivity contribution in [3.63, 3.8) is 0 Å². The summed E-state index contributed by atoms with van der Waals surface area (Å²) in [5.41, 5.74) is 0. The molecule has 0 aliphatic carbocycles. The first-order valence-electron chi connectivity index (χ1n) is 11.2. The van der Waals surface area contributed by atoms with Crippen LogP contribution in [0.4, 0.5) is 0 Å². The number of nitrogens with one attached hydrogen (secondary N) is 1. The van der Waals surface area contributed by atoms with Gasteiger partial charge in [-0.3, -0.25) is 4.79 Å². The van der Waals surface area contributed by atoms with Crippen LogP contribution in [-0.2, 0) is 42.7 Å². The Morgan fingerprint density at radius 2 is 0.968 bits per heavy atom. The van der Waals surface area contributed by atoms with Gasteiger partial charge in [0.05, 0.1) is 92.0 Å². The zero-order valence-electron chi connectivity index (χ0n) is 19.0. The molecule has 1 saturated heterocycles. The Balaban J connectivity index is 1.63. The molecule has 0 aromatic rings. The molecule has 0 unspecified atom stereocenters. The molecule has 184 valence electrons. The van der Waals surface area contributed by atoms with Crippen molar-refractivity contribution in [2.24, 2.45) is 0 Å². The Morgan fingerprint density at radius 1 is 0.613 bits per heavy atom. The van der Waals surface area contributed by atoms with Gasteiger partial charge in [0.2, 0.25) is 0 Å². The molecule has 0 aromatic heterocycles. The van der Waals surface area contributed by atoms with Crippen LogP contribution in [0.1, 0.15) is 19.8 Å². The maximum Gasteiger partial charge on any atom is 0.302 e. The summed E-state index contributed by atoms with van der Waals surface area (Å²) < 4.78 is 42.9. The highest BCUT2D eigenvalue weighted by molar-refractivity contribution is 5.65. The van der Waals surface area contributed by atoms with Gasteiger partial charge in [0.15, 0.2) is 0 Å². The fourth-order valence-electron chi connectivity index (χ4n) is 2.68. The first-order valence-corrected chi connectivity index (χ1v) is 11.2. The van der Waals surface area contributed by atoms with Crippen molar-refractivity contribution in [3.8, 4) is 0 Å². The molecular formula is C21H41NO9. The van der Waals surface area contributed by atoms with E-state index in [0.29, 0.717) is 92.0 Å². The van der Waals surface area contributed by atoms with Crippen LogP contribution in [0.2, 0.25) is 0 Å². The lowest BCUT2D eigenvalue weighted by molar-refractivity contribution is -0.142. The third-order valence-corrected chi connectivity index (χ3v) is 4.26. The van der Waals surface area contributed by atoms with Crippen molar-refractivity contribution in [2.75, 3.05) is 106 Å². The lowest BCUT2D eigenvalue weighted by Crippen LogP contribution is -2.33. The molecule has 1 fully saturated rings. The van der Waals surface area contributed by atoms with Crippen molar-refractivity contribution in [1.82, 2.24) is 5.32 Å². The standard InChI is InChI=1S/C21H41NO9/c1-20(23)30-18-16-28-14-12-26-10-8-24-6-7-25-9-11-27-13-15-29-17-19-31-21-2-4-22-5-3-21/h21-22H,2-19H2,1H3. The van der Waals surface area contributed by atoms with Gasteiger partial charge >= 0.3 is 5.97 Å². The molecule has 10 nitrogen and oxygen atoms in total. The second kappa shape index (κ2) is 22.3. The Labute approximate surface area is 186 Å². The van der Waals surface area contributed by atoms with E-state index in [0.717, 1.165) is 25.9 Å². The molecule has 0 bridgehead atoms. The van der Waals surface area contributed by atoms with Gasteiger partial charge in [0.1, 0.15) is 6.61 Å². The third kappa shape index (κ3) is 20.8. The summed E-state index contributed by atoms with van der Waals surface area (Å²) in [7, 11) is 0. The van der Waals surface area contributed by atoms with Gasteiger partial charge in [-0.1, -0.05) is 0 Å². The van der Waals surface area contributed by atoms with Crippen LogP contribution in [0.3, 0.4) is 0 Å². The molecule has 0 saturated carbocycles. The number of esters is 1. The van der Waals surface area contributed by atoms with Crippen LogP contribution in [0.15, 0.2) is 0 Å². The van der Waals surface area contributed by atoms with Crippen molar-refractivity contribution >= 4 is 5.97 Å². The molecule has 31 heavy (non-hydrogen) atoms. The predicted octanol–water partition coefficient (Wildman–Crippen LogP) is 0.418. The van der Waals surface area contributed by atoms with E-state index >= 15 is 0 Å². The van der Waals surface area contributed by atoms with E-state index in [9.17, 15) is 4.79 Å². The van der Waals surface area contributed by atoms with Crippen molar-refractivity contribution in [3.05, 3.63) is 0 Å². The second-order valence-corrected chi connectivity index (χ2v) is 6.83. The fourth-order valence-corrected chi connectivity index (χ4v) is 2.68. The van der Waals surface area contributed by atoms with E-state index < -0.39 is 0 Å². The second-order valence-electron chi connectivity index (χ2n) is 6.83. The number of hydrogen-bond acceptors (Lipinski definition) is 10. The highest BCUT2D eigenvalue weighted by Gasteiger charge is 2.12. The van der Waals surface area contributed by atoms with Gasteiger partial charge in [0.25, 0.3) is 0 Å². The SMILES string of the molecule is CC(=O)OCCOCCOCCOCCOCCOCCOCCOC1CCNCC1. The van der Waals surface area contributed by atoms with Crippen LogP contribution in [-0.4, -0.2) is 118 Å². The minimum absolute atomic E-state index is 0.269. The maximum absolute atomic E-state index is 10.5. The molecule has 1 rings (SSSR count). The van der Waals surface area contributed by atoms with E-state index in [-0.39, 0.29) is 12.6 Å². The highest BCUT2D eigenvalue weighted by atomic mass is 16.6. The zero-order valence-corrected chi connectivity index (χ0v) is 19.0. The van der Waals surface area contributed by atoms with Gasteiger partial charge < -0.3 is 43.2 Å². The molecular weight excluding hydrogens is 410 g/mol. The number of carbonyl (C=O) groups excluding carboxylic acids is 1. The van der Waals surface area contributed by atoms with E-state index in [4.69, 9.17) is 37.9 Å². The molecule has 1 aliphatic rings. The van der Waals surface area contributed by atoms with Gasteiger partial charge in [-0.15, -0.1) is 0 Å². The lowest BCUT2D eigenvalue weighted by Gasteiger charge is -2.22. The van der Waals surface area contributed by atoms with Crippen LogP contribution < -0.4 is 5.32 Å². The van der Waals surface area contributed by atoms with Gasteiger partial charge in [0, 0.05) is 6.92 Å². The molecule has 1 aliphatic heterocycles. The van der Waals surface area contributed by atoms with Gasteiger partial charge in [-0.25, -0.2) is 0 Å². The van der Waals surface area contributed by atoms with Crippen molar-refractivity contribution in [2.45, 2.75) is 25.9 Å². The van der Waals surface area contributed by atoms with E-state index in [1.54, 1.807) is 0 Å². The molecule has 0 amide bonds. The third-order valence-electron chi connectivity index (χ3n) is 4.26. The lowest BCUT2D eigenvalue weighted by atomic mass is 10.1. The maximum atomic E-state index is 10.5. The van der Waals surface area contributed by atoms with Crippen LogP contribution in [0, 0.1) is 0 Å². The summed E-state index contributed by atoms with van der Waals surface area (Å²) in [6, 6.07) is 0. The largest absolute Gasteiger partial charge is 0.463 e. The van der Waals surface area contributed by atoms with Gasteiger partial charge in [-0.05, 0) is 25.9 Å². The number of carbonyl (C=O) groups is 1. The normalized spacial score (nSPS) is 14.7. The molecule has 0 aromatic carbocycles. The number of ether oxygens (including phenoxy) is 8. The quantitative estimate of drug-likeness (QED) is 0.184. The number of piperidine rings is 1. The molecule has 0 radical (unpaired) electrons. The summed E-state index contributed by atoms with van der Waals surface area (Å²) in [5, 5.41) is 3.32. The molecule has 1 heterocycles. The summed E-state index contributed by atoms with van der Waals surface area (Å²) in [6.45, 7) is 10.5. The summed E-state index contributed by atoms with van der Waals surface area (Å²) in [6.07, 6.45) is 2.54. The van der Waals surface area contributed by atoms with E-state index in [2.05, 4.69) is 5.32 Å². The minimum Gasteiger partial charge on any atom is -0.463 e. The number of hydrogen-bond donors (Lipinski definition) is 1. The Hall–Kier alpha value is -0.850. The minimum atomic E-state index is -0.303. The fraction of sp³-hybridized carbons (Fsp3) is 0.952.